The fourth-order valence-electron chi connectivity index (χ4n) is 6.67. The predicted molar refractivity (Wildman–Crippen MR) is 127 cm³/mol. The first-order valence-electron chi connectivity index (χ1n) is 11.9. The highest BCUT2D eigenvalue weighted by Gasteiger charge is 2.65. The summed E-state index contributed by atoms with van der Waals surface area (Å²) in [6, 6.07) is 7.41. The molecule has 184 valence electrons. The van der Waals surface area contributed by atoms with Gasteiger partial charge in [-0.2, -0.15) is 0 Å². The van der Waals surface area contributed by atoms with Gasteiger partial charge in [0.25, 0.3) is 0 Å². The summed E-state index contributed by atoms with van der Waals surface area (Å²) < 4.78 is 34.3. The molecule has 2 aliphatic carbocycles. The number of hydrogen-bond donors (Lipinski definition) is 1. The monoisotopic (exact) mass is 478 g/mol. The molecule has 3 fully saturated rings. The van der Waals surface area contributed by atoms with Gasteiger partial charge in [0.1, 0.15) is 11.5 Å². The number of hydrogen-bond acceptors (Lipinski definition) is 6. The fraction of sp³-hybridized carbons (Fsp3) is 0.720. The van der Waals surface area contributed by atoms with Crippen molar-refractivity contribution in [2.75, 3.05) is 46.6 Å². The van der Waals surface area contributed by atoms with Crippen molar-refractivity contribution in [2.45, 2.75) is 45.1 Å². The van der Waals surface area contributed by atoms with Crippen LogP contribution in [-0.2, 0) is 20.4 Å². The predicted octanol–water partition coefficient (Wildman–Crippen LogP) is 2.49. The summed E-state index contributed by atoms with van der Waals surface area (Å²) in [4.78, 5) is 14.9. The van der Waals surface area contributed by atoms with Crippen molar-refractivity contribution < 1.29 is 23.1 Å². The summed E-state index contributed by atoms with van der Waals surface area (Å²) in [5, 5.41) is 11.8. The number of carbonyl (C=O) groups excluding carboxylic acids is 1. The molecule has 2 saturated carbocycles. The number of ketones is 1. The first-order valence-corrected chi connectivity index (χ1v) is 13.5. The van der Waals surface area contributed by atoms with Crippen molar-refractivity contribution >= 4 is 15.8 Å². The molecular weight excluding hydrogens is 440 g/mol. The number of benzene rings is 1. The smallest absolute Gasteiger partial charge is 0.215 e. The van der Waals surface area contributed by atoms with Crippen LogP contribution >= 0.6 is 0 Å². The average molecular weight is 479 g/mol. The number of Topliss-reactive ketones (excluding diaryl/α,β-unsaturated/α-hetero) is 1. The minimum atomic E-state index is -3.67. The molecule has 0 spiro atoms. The van der Waals surface area contributed by atoms with E-state index in [4.69, 9.17) is 4.74 Å². The molecule has 1 saturated heterocycles. The maximum atomic E-state index is 13.7. The zero-order valence-corrected chi connectivity index (χ0v) is 21.3. The van der Waals surface area contributed by atoms with Crippen LogP contribution in [0.15, 0.2) is 24.3 Å². The van der Waals surface area contributed by atoms with Crippen molar-refractivity contribution in [3.8, 4) is 5.75 Å². The van der Waals surface area contributed by atoms with Crippen LogP contribution in [0.2, 0.25) is 0 Å². The van der Waals surface area contributed by atoms with Crippen LogP contribution in [0, 0.1) is 22.7 Å². The lowest BCUT2D eigenvalue weighted by Gasteiger charge is -2.46. The lowest BCUT2D eigenvalue weighted by molar-refractivity contribution is -0.128. The van der Waals surface area contributed by atoms with Gasteiger partial charge in [0.2, 0.25) is 10.0 Å². The second kappa shape index (κ2) is 8.33. The first kappa shape index (κ1) is 24.6. The third-order valence-electron chi connectivity index (χ3n) is 8.96. The van der Waals surface area contributed by atoms with E-state index in [2.05, 4.69) is 13.8 Å². The summed E-state index contributed by atoms with van der Waals surface area (Å²) in [6.07, 6.45) is 2.38. The Hall–Kier alpha value is -1.48. The van der Waals surface area contributed by atoms with Crippen LogP contribution < -0.4 is 4.74 Å². The van der Waals surface area contributed by atoms with Crippen LogP contribution in [0.3, 0.4) is 0 Å². The largest absolute Gasteiger partial charge is 0.497 e. The van der Waals surface area contributed by atoms with Crippen molar-refractivity contribution in [3.63, 3.8) is 0 Å². The van der Waals surface area contributed by atoms with E-state index >= 15 is 0 Å². The SMILES string of the molecule is COc1cccc(C2(O)CCN(S(=O)(=O)C[C@@]34CCC(CC3=O)C4(C)C)CC2CN(C)C)c1. The molecule has 7 nitrogen and oxygen atoms in total. The maximum absolute atomic E-state index is 13.7. The van der Waals surface area contributed by atoms with Gasteiger partial charge in [0.15, 0.2) is 0 Å². The molecule has 0 radical (unpaired) electrons. The summed E-state index contributed by atoms with van der Waals surface area (Å²) in [5.41, 5.74) is -1.50. The number of methoxy groups -OCH3 is 1. The molecule has 0 amide bonds. The number of fused-ring (bicyclic) bond motifs is 2. The van der Waals surface area contributed by atoms with E-state index in [1.165, 1.54) is 4.31 Å². The fourth-order valence-corrected chi connectivity index (χ4v) is 8.93. The maximum Gasteiger partial charge on any atom is 0.215 e. The highest BCUT2D eigenvalue weighted by atomic mass is 32.2. The summed E-state index contributed by atoms with van der Waals surface area (Å²) in [6.45, 7) is 5.13. The Morgan fingerprint density at radius 1 is 1.24 bits per heavy atom. The van der Waals surface area contributed by atoms with E-state index < -0.39 is 21.0 Å². The van der Waals surface area contributed by atoms with Gasteiger partial charge in [-0.1, -0.05) is 26.0 Å². The Morgan fingerprint density at radius 2 is 1.97 bits per heavy atom. The van der Waals surface area contributed by atoms with Gasteiger partial charge in [-0.05, 0) is 62.4 Å². The van der Waals surface area contributed by atoms with Crippen LogP contribution in [0.4, 0.5) is 0 Å². The van der Waals surface area contributed by atoms with Crippen LogP contribution in [-0.4, -0.2) is 75.1 Å². The topological polar surface area (TPSA) is 87.1 Å². The quantitative estimate of drug-likeness (QED) is 0.648. The molecule has 4 rings (SSSR count). The standard InChI is InChI=1S/C25H38N2O5S/c1-23(2)18-9-10-24(23,22(28)14-18)17-33(30,31)27-12-11-25(29,20(16-27)15-26(3)4)19-7-6-8-21(13-19)32-5/h6-8,13,18,20,29H,9-12,14-17H2,1-5H3/t18?,20?,24-,25?/m0/s1. The summed E-state index contributed by atoms with van der Waals surface area (Å²) >= 11 is 0. The Balaban J connectivity index is 1.61. The number of rotatable bonds is 7. The average Bonchev–Trinajstić information content (AvgIpc) is 3.09. The number of sulfonamides is 1. The summed E-state index contributed by atoms with van der Waals surface area (Å²) in [7, 11) is 1.78. The number of nitrogens with zero attached hydrogens (tertiary/aromatic N) is 2. The van der Waals surface area contributed by atoms with E-state index in [0.717, 1.165) is 12.0 Å². The zero-order valence-electron chi connectivity index (χ0n) is 20.5. The van der Waals surface area contributed by atoms with E-state index in [1.807, 2.05) is 43.3 Å². The normalized spacial score (nSPS) is 34.2. The lowest BCUT2D eigenvalue weighted by atomic mass is 9.70. The van der Waals surface area contributed by atoms with Gasteiger partial charge in [-0.25, -0.2) is 12.7 Å². The molecule has 1 aliphatic heterocycles. The molecule has 2 bridgehead atoms. The van der Waals surface area contributed by atoms with Gasteiger partial charge in [0.05, 0.1) is 18.5 Å². The molecule has 1 aromatic carbocycles. The highest BCUT2D eigenvalue weighted by Crippen LogP contribution is 2.64. The van der Waals surface area contributed by atoms with Crippen molar-refractivity contribution in [1.29, 1.82) is 0 Å². The number of piperidine rings is 1. The molecule has 1 heterocycles. The molecule has 4 atom stereocenters. The van der Waals surface area contributed by atoms with Crippen LogP contribution in [0.1, 0.15) is 45.1 Å². The Morgan fingerprint density at radius 3 is 2.55 bits per heavy atom. The number of aliphatic hydroxyl groups is 1. The van der Waals surface area contributed by atoms with Gasteiger partial charge in [-0.15, -0.1) is 0 Å². The minimum Gasteiger partial charge on any atom is -0.497 e. The van der Waals surface area contributed by atoms with E-state index in [0.29, 0.717) is 31.6 Å². The van der Waals surface area contributed by atoms with Crippen molar-refractivity contribution in [3.05, 3.63) is 29.8 Å². The van der Waals surface area contributed by atoms with Gasteiger partial charge < -0.3 is 14.7 Å². The van der Waals surface area contributed by atoms with Crippen LogP contribution in [0.25, 0.3) is 0 Å². The molecule has 1 N–H and O–H groups in total. The molecule has 3 unspecified atom stereocenters. The van der Waals surface area contributed by atoms with Gasteiger partial charge in [-0.3, -0.25) is 4.79 Å². The molecule has 8 heteroatoms. The number of carbonyl (C=O) groups is 1. The lowest BCUT2D eigenvalue weighted by Crippen LogP contribution is -2.56. The molecular formula is C25H38N2O5S. The molecule has 0 aromatic heterocycles. The number of ether oxygens (including phenoxy) is 1. The van der Waals surface area contributed by atoms with Crippen LogP contribution in [0.5, 0.6) is 5.75 Å². The van der Waals surface area contributed by atoms with Crippen molar-refractivity contribution in [2.24, 2.45) is 22.7 Å². The molecule has 33 heavy (non-hydrogen) atoms. The Labute approximate surface area is 198 Å². The first-order chi connectivity index (χ1) is 15.4. The van der Waals surface area contributed by atoms with E-state index in [1.54, 1.807) is 7.11 Å². The zero-order chi connectivity index (χ0) is 24.2. The van der Waals surface area contributed by atoms with Gasteiger partial charge >= 0.3 is 0 Å². The van der Waals surface area contributed by atoms with Gasteiger partial charge in [0, 0.05) is 37.4 Å². The molecule has 3 aliphatic rings. The van der Waals surface area contributed by atoms with E-state index in [9.17, 15) is 18.3 Å². The minimum absolute atomic E-state index is 0.113. The highest BCUT2D eigenvalue weighted by molar-refractivity contribution is 7.89. The molecule has 1 aromatic rings. The Bertz CT molecular complexity index is 1020. The Kier molecular flexibility index (Phi) is 6.22. The summed E-state index contributed by atoms with van der Waals surface area (Å²) in [5.74, 6) is 0.623. The second-order valence-corrected chi connectivity index (χ2v) is 13.1. The third kappa shape index (κ3) is 3.93. The van der Waals surface area contributed by atoms with E-state index in [-0.39, 0.29) is 41.9 Å². The third-order valence-corrected chi connectivity index (χ3v) is 10.9. The second-order valence-electron chi connectivity index (χ2n) is 11.1. The van der Waals surface area contributed by atoms with Crippen molar-refractivity contribution in [1.82, 2.24) is 9.21 Å².